The van der Waals surface area contributed by atoms with Gasteiger partial charge in [0.15, 0.2) is 0 Å². The molecule has 76 valence electrons. The first-order valence-corrected chi connectivity index (χ1v) is 5.72. The average Bonchev–Trinajstić information content (AvgIpc) is 2.27. The molecule has 0 aromatic rings. The molecule has 0 aromatic heterocycles. The SMILES string of the molecule is CSC1=CC(Br)=C(F)CC=C1[N+](=O)[O-]. The van der Waals surface area contributed by atoms with Crippen LogP contribution in [-0.4, -0.2) is 11.2 Å². The molecule has 0 spiro atoms. The Morgan fingerprint density at radius 2 is 2.36 bits per heavy atom. The number of rotatable bonds is 2. The lowest BCUT2D eigenvalue weighted by atomic mass is 10.3. The summed E-state index contributed by atoms with van der Waals surface area (Å²) >= 11 is 4.24. The second kappa shape index (κ2) is 4.75. The number of nitro groups is 1. The van der Waals surface area contributed by atoms with Crippen LogP contribution in [0.2, 0.25) is 0 Å². The van der Waals surface area contributed by atoms with Crippen LogP contribution in [0.1, 0.15) is 6.42 Å². The number of allylic oxidation sites excluding steroid dienone is 4. The third-order valence-corrected chi connectivity index (χ3v) is 3.09. The minimum Gasteiger partial charge on any atom is -0.258 e. The highest BCUT2D eigenvalue weighted by Gasteiger charge is 2.20. The molecule has 0 aromatic carbocycles. The summed E-state index contributed by atoms with van der Waals surface area (Å²) in [5.74, 6) is -0.395. The lowest BCUT2D eigenvalue weighted by Crippen LogP contribution is -1.99. The standard InChI is InChI=1S/C8H7BrFNO2S/c1-14-8-4-5(9)6(10)2-3-7(8)11(12)13/h3-4H,2H2,1H3. The van der Waals surface area contributed by atoms with Gasteiger partial charge in [0.25, 0.3) is 5.70 Å². The van der Waals surface area contributed by atoms with E-state index in [4.69, 9.17) is 0 Å². The summed E-state index contributed by atoms with van der Waals surface area (Å²) in [6, 6.07) is 0. The number of hydrogen-bond acceptors (Lipinski definition) is 3. The van der Waals surface area contributed by atoms with Gasteiger partial charge >= 0.3 is 0 Å². The summed E-state index contributed by atoms with van der Waals surface area (Å²) in [5, 5.41) is 10.6. The Morgan fingerprint density at radius 3 is 2.86 bits per heavy atom. The summed E-state index contributed by atoms with van der Waals surface area (Å²) in [5.41, 5.74) is -0.0397. The van der Waals surface area contributed by atoms with Gasteiger partial charge < -0.3 is 0 Å². The topological polar surface area (TPSA) is 43.1 Å². The number of halogens is 2. The Balaban J connectivity index is 3.14. The van der Waals surface area contributed by atoms with Gasteiger partial charge in [-0.1, -0.05) is 0 Å². The Labute approximate surface area is 93.0 Å². The van der Waals surface area contributed by atoms with Gasteiger partial charge in [0, 0.05) is 12.5 Å². The summed E-state index contributed by atoms with van der Waals surface area (Å²) in [6.07, 6.45) is 4.39. The highest BCUT2D eigenvalue weighted by molar-refractivity contribution is 9.11. The van der Waals surface area contributed by atoms with Crippen molar-refractivity contribution in [2.75, 3.05) is 6.26 Å². The van der Waals surface area contributed by atoms with Gasteiger partial charge in [-0.15, -0.1) is 11.8 Å². The van der Waals surface area contributed by atoms with Crippen LogP contribution in [0.15, 0.2) is 33.1 Å². The maximum atomic E-state index is 13.1. The van der Waals surface area contributed by atoms with Crippen molar-refractivity contribution in [1.29, 1.82) is 0 Å². The number of nitrogens with zero attached hydrogens (tertiary/aromatic N) is 1. The second-order valence-electron chi connectivity index (χ2n) is 2.52. The molecule has 3 nitrogen and oxygen atoms in total. The molecule has 14 heavy (non-hydrogen) atoms. The van der Waals surface area contributed by atoms with Gasteiger partial charge in [-0.3, -0.25) is 10.1 Å². The molecule has 0 heterocycles. The fourth-order valence-corrected chi connectivity index (χ4v) is 2.12. The zero-order valence-electron chi connectivity index (χ0n) is 7.29. The smallest absolute Gasteiger partial charge is 0.258 e. The molecule has 0 unspecified atom stereocenters. The van der Waals surface area contributed by atoms with Crippen molar-refractivity contribution < 1.29 is 9.31 Å². The van der Waals surface area contributed by atoms with Crippen LogP contribution < -0.4 is 0 Å². The summed E-state index contributed by atoms with van der Waals surface area (Å²) in [4.78, 5) is 10.6. The normalized spacial score (nSPS) is 17.4. The minimum atomic E-state index is -0.499. The van der Waals surface area contributed by atoms with Crippen LogP contribution in [0.4, 0.5) is 4.39 Å². The molecule has 0 fully saturated rings. The summed E-state index contributed by atoms with van der Waals surface area (Å²) in [7, 11) is 0. The van der Waals surface area contributed by atoms with E-state index in [1.165, 1.54) is 23.9 Å². The molecule has 1 aliphatic rings. The average molecular weight is 280 g/mol. The number of thioether (sulfide) groups is 1. The molecule has 0 radical (unpaired) electrons. The van der Waals surface area contributed by atoms with Crippen LogP contribution in [0.25, 0.3) is 0 Å². The third-order valence-electron chi connectivity index (χ3n) is 1.66. The molecule has 0 N–H and O–H groups in total. The Kier molecular flexibility index (Phi) is 3.88. The molecule has 1 rings (SSSR count). The van der Waals surface area contributed by atoms with Crippen molar-refractivity contribution in [2.45, 2.75) is 6.42 Å². The third kappa shape index (κ3) is 2.45. The summed E-state index contributed by atoms with van der Waals surface area (Å²) < 4.78 is 13.4. The summed E-state index contributed by atoms with van der Waals surface area (Å²) in [6.45, 7) is 0. The van der Waals surface area contributed by atoms with E-state index in [9.17, 15) is 14.5 Å². The molecule has 0 saturated heterocycles. The van der Waals surface area contributed by atoms with E-state index in [0.717, 1.165) is 0 Å². The van der Waals surface area contributed by atoms with E-state index in [1.54, 1.807) is 6.26 Å². The maximum Gasteiger partial charge on any atom is 0.279 e. The van der Waals surface area contributed by atoms with Gasteiger partial charge in [-0.25, -0.2) is 4.39 Å². The van der Waals surface area contributed by atoms with E-state index in [1.807, 2.05) is 0 Å². The fraction of sp³-hybridized carbons (Fsp3) is 0.250. The highest BCUT2D eigenvalue weighted by Crippen LogP contribution is 2.32. The highest BCUT2D eigenvalue weighted by atomic mass is 79.9. The van der Waals surface area contributed by atoms with Gasteiger partial charge in [0.05, 0.1) is 14.3 Å². The molecule has 0 saturated carbocycles. The molecule has 0 aliphatic heterocycles. The van der Waals surface area contributed by atoms with Crippen molar-refractivity contribution in [1.82, 2.24) is 0 Å². The van der Waals surface area contributed by atoms with E-state index in [2.05, 4.69) is 15.9 Å². The number of hydrogen-bond donors (Lipinski definition) is 0. The van der Waals surface area contributed by atoms with Gasteiger partial charge in [-0.05, 0) is 28.3 Å². The Morgan fingerprint density at radius 1 is 1.71 bits per heavy atom. The van der Waals surface area contributed by atoms with E-state index in [-0.39, 0.29) is 16.6 Å². The van der Waals surface area contributed by atoms with Crippen LogP contribution in [0.5, 0.6) is 0 Å². The van der Waals surface area contributed by atoms with E-state index >= 15 is 0 Å². The van der Waals surface area contributed by atoms with Gasteiger partial charge in [0.1, 0.15) is 5.83 Å². The molecular formula is C8H7BrFNO2S. The van der Waals surface area contributed by atoms with Gasteiger partial charge in [0.2, 0.25) is 0 Å². The molecule has 0 atom stereocenters. The van der Waals surface area contributed by atoms with E-state index < -0.39 is 10.8 Å². The zero-order valence-corrected chi connectivity index (χ0v) is 9.69. The molecule has 6 heteroatoms. The van der Waals surface area contributed by atoms with Crippen molar-refractivity contribution in [3.05, 3.63) is 43.2 Å². The van der Waals surface area contributed by atoms with E-state index in [0.29, 0.717) is 4.91 Å². The quantitative estimate of drug-likeness (QED) is 0.575. The lowest BCUT2D eigenvalue weighted by molar-refractivity contribution is -0.419. The first-order chi connectivity index (χ1) is 6.56. The van der Waals surface area contributed by atoms with Crippen molar-refractivity contribution in [3.63, 3.8) is 0 Å². The van der Waals surface area contributed by atoms with Crippen LogP contribution in [0.3, 0.4) is 0 Å². The first kappa shape index (κ1) is 11.5. The first-order valence-electron chi connectivity index (χ1n) is 3.71. The molecule has 0 bridgehead atoms. The predicted molar refractivity (Wildman–Crippen MR) is 58.4 cm³/mol. The van der Waals surface area contributed by atoms with Crippen LogP contribution in [0, 0.1) is 10.1 Å². The van der Waals surface area contributed by atoms with Gasteiger partial charge in [-0.2, -0.15) is 0 Å². The fourth-order valence-electron chi connectivity index (χ4n) is 0.980. The Bertz CT molecular complexity index is 362. The van der Waals surface area contributed by atoms with Crippen molar-refractivity contribution in [3.8, 4) is 0 Å². The minimum absolute atomic E-state index is 0.0397. The van der Waals surface area contributed by atoms with Crippen LogP contribution >= 0.6 is 27.7 Å². The molecule has 1 aliphatic carbocycles. The largest absolute Gasteiger partial charge is 0.279 e. The monoisotopic (exact) mass is 279 g/mol. The van der Waals surface area contributed by atoms with Crippen LogP contribution in [-0.2, 0) is 0 Å². The second-order valence-corrected chi connectivity index (χ2v) is 4.22. The van der Waals surface area contributed by atoms with Crippen molar-refractivity contribution >= 4 is 27.7 Å². The zero-order chi connectivity index (χ0) is 10.7. The van der Waals surface area contributed by atoms with Crippen molar-refractivity contribution in [2.24, 2.45) is 0 Å². The molecule has 0 amide bonds. The lowest BCUT2D eigenvalue weighted by Gasteiger charge is -1.98. The Hall–Kier alpha value is -0.620. The maximum absolute atomic E-state index is 13.1. The predicted octanol–water partition coefficient (Wildman–Crippen LogP) is 3.37. The molecular weight excluding hydrogens is 273 g/mol.